The molecule has 0 bridgehead atoms. The summed E-state index contributed by atoms with van der Waals surface area (Å²) in [6.45, 7) is 0. The van der Waals surface area contributed by atoms with Gasteiger partial charge in [0.05, 0.1) is 4.47 Å². The summed E-state index contributed by atoms with van der Waals surface area (Å²) in [6.07, 6.45) is -3.85. The van der Waals surface area contributed by atoms with Gasteiger partial charge in [0.1, 0.15) is 18.7 Å². The van der Waals surface area contributed by atoms with Crippen LogP contribution in [0.15, 0.2) is 22.7 Å². The third-order valence-electron chi connectivity index (χ3n) is 2.27. The molecule has 0 aromatic heterocycles. The molecule has 1 aromatic rings. The summed E-state index contributed by atoms with van der Waals surface area (Å²) in [5, 5.41) is 19.3. The predicted molar refractivity (Wildman–Crippen MR) is 78.2 cm³/mol. The second-order valence-corrected chi connectivity index (χ2v) is 5.08. The van der Waals surface area contributed by atoms with Crippen molar-refractivity contribution in [3.63, 3.8) is 0 Å². The van der Waals surface area contributed by atoms with Gasteiger partial charge in [-0.05, 0) is 34.1 Å². The molecular weight excluding hydrogens is 397 g/mol. The second kappa shape index (κ2) is 8.82. The highest BCUT2D eigenvalue weighted by atomic mass is 79.9. The van der Waals surface area contributed by atoms with Crippen molar-refractivity contribution in [1.29, 1.82) is 0 Å². The molecule has 0 radical (unpaired) electrons. The van der Waals surface area contributed by atoms with Gasteiger partial charge in [-0.1, -0.05) is 0 Å². The van der Waals surface area contributed by atoms with E-state index in [2.05, 4.69) is 30.7 Å². The number of carbonyl (C=O) groups excluding carboxylic acids is 2. The minimum absolute atomic E-state index is 0.0342. The van der Waals surface area contributed by atoms with E-state index in [1.807, 2.05) is 0 Å². The van der Waals surface area contributed by atoms with Crippen molar-refractivity contribution in [3.8, 4) is 0 Å². The van der Waals surface area contributed by atoms with E-state index in [1.54, 1.807) is 0 Å². The Labute approximate surface area is 142 Å². The first-order chi connectivity index (χ1) is 11.2. The molecule has 0 atom stereocenters. The Morgan fingerprint density at radius 1 is 1.08 bits per heavy atom. The van der Waals surface area contributed by atoms with E-state index in [0.29, 0.717) is 0 Å². The molecule has 9 nitrogen and oxygen atoms in total. The van der Waals surface area contributed by atoms with E-state index in [0.717, 1.165) is 6.07 Å². The summed E-state index contributed by atoms with van der Waals surface area (Å²) in [6, 6.07) is 3.64. The van der Waals surface area contributed by atoms with Crippen molar-refractivity contribution in [1.82, 2.24) is 0 Å². The average Bonchev–Trinajstić information content (AvgIpc) is 2.40. The molecule has 1 aromatic carbocycles. The number of esters is 2. The molecule has 0 aliphatic carbocycles. The van der Waals surface area contributed by atoms with Crippen molar-refractivity contribution < 1.29 is 43.3 Å². The maximum Gasteiger partial charge on any atom is 0.329 e. The molecule has 0 unspecified atom stereocenters. The number of rotatable bonds is 8. The SMILES string of the molecule is O=C(O)CC(=O)OC(Nc1ccc(Br)c(F)c1)OC(=O)CC(=O)O. The van der Waals surface area contributed by atoms with Crippen LogP contribution in [0.2, 0.25) is 0 Å². The quantitative estimate of drug-likeness (QED) is 0.330. The van der Waals surface area contributed by atoms with Crippen LogP contribution in [0, 0.1) is 5.82 Å². The maximum absolute atomic E-state index is 13.4. The smallest absolute Gasteiger partial charge is 0.329 e. The van der Waals surface area contributed by atoms with Crippen LogP contribution in [0.5, 0.6) is 0 Å². The van der Waals surface area contributed by atoms with Gasteiger partial charge in [-0.15, -0.1) is 0 Å². The van der Waals surface area contributed by atoms with E-state index in [9.17, 15) is 23.6 Å². The molecule has 0 aliphatic heterocycles. The summed E-state index contributed by atoms with van der Waals surface area (Å²) < 4.78 is 22.8. The van der Waals surface area contributed by atoms with Crippen LogP contribution in [0.3, 0.4) is 0 Å². The number of carbonyl (C=O) groups is 4. The highest BCUT2D eigenvalue weighted by Gasteiger charge is 2.22. The highest BCUT2D eigenvalue weighted by Crippen LogP contribution is 2.20. The van der Waals surface area contributed by atoms with Crippen molar-refractivity contribution >= 4 is 45.5 Å². The van der Waals surface area contributed by atoms with Gasteiger partial charge in [0.25, 0.3) is 0 Å². The molecule has 24 heavy (non-hydrogen) atoms. The molecule has 130 valence electrons. The summed E-state index contributed by atoms with van der Waals surface area (Å²) in [4.78, 5) is 43.6. The molecule has 0 spiro atoms. The molecule has 11 heteroatoms. The minimum atomic E-state index is -1.83. The zero-order valence-corrected chi connectivity index (χ0v) is 13.4. The largest absolute Gasteiger partial charge is 0.481 e. The number of benzene rings is 1. The first-order valence-electron chi connectivity index (χ1n) is 6.21. The lowest BCUT2D eigenvalue weighted by Gasteiger charge is -2.19. The number of ether oxygens (including phenoxy) is 2. The number of hydrogen-bond acceptors (Lipinski definition) is 7. The van der Waals surface area contributed by atoms with Crippen LogP contribution >= 0.6 is 15.9 Å². The monoisotopic (exact) mass is 407 g/mol. The Kier molecular flexibility index (Phi) is 7.11. The Morgan fingerprint density at radius 2 is 1.58 bits per heavy atom. The normalized spacial score (nSPS) is 10.1. The van der Waals surface area contributed by atoms with Crippen LogP contribution in [0.25, 0.3) is 0 Å². The Balaban J connectivity index is 2.84. The third-order valence-corrected chi connectivity index (χ3v) is 2.92. The van der Waals surface area contributed by atoms with Gasteiger partial charge in [-0.2, -0.15) is 0 Å². The highest BCUT2D eigenvalue weighted by molar-refractivity contribution is 9.10. The van der Waals surface area contributed by atoms with Crippen LogP contribution < -0.4 is 5.32 Å². The standard InChI is InChI=1S/C13H11BrFNO8/c14-7-2-1-6(3-8(7)15)16-13(23-11(21)4-9(17)18)24-12(22)5-10(19)20/h1-3,13,16H,4-5H2,(H,17,18)(H,19,20). The first-order valence-corrected chi connectivity index (χ1v) is 7.01. The predicted octanol–water partition coefficient (Wildman–Crippen LogP) is 1.32. The number of halogens is 2. The molecule has 1 rings (SSSR count). The fourth-order valence-corrected chi connectivity index (χ4v) is 1.62. The van der Waals surface area contributed by atoms with Crippen molar-refractivity contribution in [2.45, 2.75) is 19.3 Å². The number of carboxylic acids is 2. The van der Waals surface area contributed by atoms with Crippen molar-refractivity contribution in [2.75, 3.05) is 5.32 Å². The van der Waals surface area contributed by atoms with E-state index in [-0.39, 0.29) is 10.2 Å². The van der Waals surface area contributed by atoms with Gasteiger partial charge < -0.3 is 25.0 Å². The fraction of sp³-hybridized carbons (Fsp3) is 0.231. The Morgan fingerprint density at radius 3 is 2.00 bits per heavy atom. The lowest BCUT2D eigenvalue weighted by molar-refractivity contribution is -0.183. The maximum atomic E-state index is 13.4. The molecule has 0 fully saturated rings. The van der Waals surface area contributed by atoms with Gasteiger partial charge in [-0.25, -0.2) is 4.39 Å². The van der Waals surface area contributed by atoms with E-state index < -0.39 is 49.0 Å². The van der Waals surface area contributed by atoms with E-state index in [1.165, 1.54) is 12.1 Å². The van der Waals surface area contributed by atoms with Crippen LogP contribution in [0.1, 0.15) is 12.8 Å². The first kappa shape index (κ1) is 19.4. The molecule has 0 amide bonds. The van der Waals surface area contributed by atoms with Crippen LogP contribution in [-0.2, 0) is 28.7 Å². The zero-order chi connectivity index (χ0) is 18.3. The molecule has 3 N–H and O–H groups in total. The van der Waals surface area contributed by atoms with Crippen molar-refractivity contribution in [2.24, 2.45) is 0 Å². The molecule has 0 aliphatic rings. The Hall–Kier alpha value is -2.69. The van der Waals surface area contributed by atoms with Gasteiger partial charge in [0.15, 0.2) is 0 Å². The lowest BCUT2D eigenvalue weighted by atomic mass is 10.3. The number of anilines is 1. The molecule has 0 heterocycles. The number of nitrogens with one attached hydrogen (secondary N) is 1. The van der Waals surface area contributed by atoms with Crippen LogP contribution in [0.4, 0.5) is 10.1 Å². The van der Waals surface area contributed by atoms with Crippen LogP contribution in [-0.4, -0.2) is 40.5 Å². The van der Waals surface area contributed by atoms with Gasteiger partial charge in [-0.3, -0.25) is 19.2 Å². The topological polar surface area (TPSA) is 139 Å². The second-order valence-electron chi connectivity index (χ2n) is 4.23. The van der Waals surface area contributed by atoms with Gasteiger partial charge >= 0.3 is 30.3 Å². The molecular formula is C13H11BrFNO8. The minimum Gasteiger partial charge on any atom is -0.481 e. The molecule has 0 saturated carbocycles. The van der Waals surface area contributed by atoms with E-state index in [4.69, 9.17) is 10.2 Å². The summed E-state index contributed by atoms with van der Waals surface area (Å²) in [5.74, 6) is -6.13. The fourth-order valence-electron chi connectivity index (χ4n) is 1.37. The average molecular weight is 408 g/mol. The molecule has 0 saturated heterocycles. The summed E-state index contributed by atoms with van der Waals surface area (Å²) in [5.41, 5.74) is 0.0342. The Bertz CT molecular complexity index is 635. The van der Waals surface area contributed by atoms with Gasteiger partial charge in [0, 0.05) is 5.69 Å². The number of carboxylic acid groups (broad SMARTS) is 2. The third kappa shape index (κ3) is 7.05. The number of hydrogen-bond donors (Lipinski definition) is 3. The zero-order valence-electron chi connectivity index (χ0n) is 11.8. The number of aliphatic carboxylic acids is 2. The van der Waals surface area contributed by atoms with Gasteiger partial charge in [0.2, 0.25) is 0 Å². The summed E-state index contributed by atoms with van der Waals surface area (Å²) in [7, 11) is 0. The lowest BCUT2D eigenvalue weighted by Crippen LogP contribution is -2.33. The summed E-state index contributed by atoms with van der Waals surface area (Å²) >= 11 is 2.93. The van der Waals surface area contributed by atoms with Crippen molar-refractivity contribution in [3.05, 3.63) is 28.5 Å². The van der Waals surface area contributed by atoms with E-state index >= 15 is 0 Å².